The van der Waals surface area contributed by atoms with Crippen LogP contribution in [-0.4, -0.2) is 37.9 Å². The fourth-order valence-corrected chi connectivity index (χ4v) is 1.85. The maximum atomic E-state index is 11.8. The van der Waals surface area contributed by atoms with Crippen molar-refractivity contribution in [3.05, 3.63) is 0 Å². The Morgan fingerprint density at radius 3 is 2.44 bits per heavy atom. The van der Waals surface area contributed by atoms with Crippen LogP contribution in [0.2, 0.25) is 0 Å². The highest BCUT2D eigenvalue weighted by molar-refractivity contribution is 5.77. The molecule has 0 saturated carbocycles. The van der Waals surface area contributed by atoms with Gasteiger partial charge in [-0.15, -0.1) is 0 Å². The fraction of sp³-hybridized carbons (Fsp3) is 0.917. The van der Waals surface area contributed by atoms with Crippen molar-refractivity contribution in [3.8, 4) is 0 Å². The van der Waals surface area contributed by atoms with Crippen molar-refractivity contribution in [2.75, 3.05) is 20.3 Å². The summed E-state index contributed by atoms with van der Waals surface area (Å²) < 4.78 is 10.2. The second-order valence-electron chi connectivity index (χ2n) is 5.45. The van der Waals surface area contributed by atoms with Crippen molar-refractivity contribution in [2.45, 2.75) is 45.7 Å². The Balaban J connectivity index is 2.70. The van der Waals surface area contributed by atoms with Crippen molar-refractivity contribution in [1.29, 1.82) is 0 Å². The molecule has 0 radical (unpaired) electrons. The van der Waals surface area contributed by atoms with E-state index in [9.17, 15) is 4.79 Å². The first kappa shape index (κ1) is 13.5. The van der Waals surface area contributed by atoms with Crippen LogP contribution < -0.4 is 5.32 Å². The van der Waals surface area contributed by atoms with E-state index in [0.717, 1.165) is 19.6 Å². The predicted molar refractivity (Wildman–Crippen MR) is 62.2 cm³/mol. The van der Waals surface area contributed by atoms with Gasteiger partial charge in [-0.1, -0.05) is 0 Å². The van der Waals surface area contributed by atoms with Gasteiger partial charge in [-0.25, -0.2) is 0 Å². The maximum absolute atomic E-state index is 11.8. The lowest BCUT2D eigenvalue weighted by molar-refractivity contribution is -0.155. The van der Waals surface area contributed by atoms with Gasteiger partial charge < -0.3 is 14.8 Å². The van der Waals surface area contributed by atoms with E-state index in [2.05, 4.69) is 5.32 Å². The molecular weight excluding hydrogens is 206 g/mol. The number of esters is 1. The van der Waals surface area contributed by atoms with Crippen LogP contribution in [0.25, 0.3) is 0 Å². The van der Waals surface area contributed by atoms with Crippen molar-refractivity contribution in [3.63, 3.8) is 0 Å². The highest BCUT2D eigenvalue weighted by Gasteiger charge is 2.45. The zero-order chi connectivity index (χ0) is 12.4. The van der Waals surface area contributed by atoms with Gasteiger partial charge in [0.15, 0.2) is 0 Å². The molecule has 1 unspecified atom stereocenters. The van der Waals surface area contributed by atoms with E-state index in [0.29, 0.717) is 6.04 Å². The number of ether oxygens (including phenoxy) is 2. The second-order valence-corrected chi connectivity index (χ2v) is 5.45. The fourth-order valence-electron chi connectivity index (χ4n) is 1.85. The van der Waals surface area contributed by atoms with Crippen LogP contribution in [0.4, 0.5) is 0 Å². The molecule has 0 bridgehead atoms. The molecule has 94 valence electrons. The van der Waals surface area contributed by atoms with E-state index >= 15 is 0 Å². The molecule has 1 rings (SSSR count). The first-order valence-corrected chi connectivity index (χ1v) is 5.75. The second kappa shape index (κ2) is 4.72. The summed E-state index contributed by atoms with van der Waals surface area (Å²) in [6, 6.07) is 0.332. The monoisotopic (exact) mass is 229 g/mol. The largest absolute Gasteiger partial charge is 0.469 e. The smallest absolute Gasteiger partial charge is 0.313 e. The lowest BCUT2D eigenvalue weighted by atomic mass is 9.74. The van der Waals surface area contributed by atoms with Crippen LogP contribution in [0, 0.1) is 5.41 Å². The van der Waals surface area contributed by atoms with Crippen molar-refractivity contribution in [1.82, 2.24) is 5.32 Å². The topological polar surface area (TPSA) is 47.6 Å². The van der Waals surface area contributed by atoms with Gasteiger partial charge in [0.1, 0.15) is 0 Å². The third-order valence-electron chi connectivity index (χ3n) is 3.75. The van der Waals surface area contributed by atoms with Crippen LogP contribution >= 0.6 is 0 Å². The number of nitrogens with one attached hydrogen (secondary N) is 1. The van der Waals surface area contributed by atoms with Crippen LogP contribution in [-0.2, 0) is 14.3 Å². The number of methoxy groups -OCH3 is 1. The molecule has 1 atom stereocenters. The number of hydrogen-bond donors (Lipinski definition) is 1. The molecule has 0 amide bonds. The zero-order valence-corrected chi connectivity index (χ0v) is 10.9. The highest BCUT2D eigenvalue weighted by Crippen LogP contribution is 2.32. The predicted octanol–water partition coefficient (Wildman–Crippen LogP) is 1.34. The van der Waals surface area contributed by atoms with Crippen LogP contribution in [0.3, 0.4) is 0 Å². The average Bonchev–Trinajstić information content (AvgIpc) is 2.68. The first-order valence-electron chi connectivity index (χ1n) is 5.75. The Morgan fingerprint density at radius 2 is 2.00 bits per heavy atom. The highest BCUT2D eigenvalue weighted by atomic mass is 16.5. The Kier molecular flexibility index (Phi) is 3.97. The van der Waals surface area contributed by atoms with Gasteiger partial charge in [-0.2, -0.15) is 0 Å². The molecule has 4 heteroatoms. The molecule has 0 aromatic heterocycles. The summed E-state index contributed by atoms with van der Waals surface area (Å²) in [4.78, 5) is 11.8. The van der Waals surface area contributed by atoms with Gasteiger partial charge in [0.2, 0.25) is 0 Å². The quantitative estimate of drug-likeness (QED) is 0.739. The van der Waals surface area contributed by atoms with Gasteiger partial charge in [-0.05, 0) is 34.1 Å². The SMILES string of the molecule is COC(=O)C(C)(C)C(C)(C)NC1CCOC1. The summed E-state index contributed by atoms with van der Waals surface area (Å²) in [5.41, 5.74) is -0.886. The van der Waals surface area contributed by atoms with Gasteiger partial charge in [0.05, 0.1) is 19.1 Å². The van der Waals surface area contributed by atoms with E-state index < -0.39 is 5.41 Å². The van der Waals surface area contributed by atoms with E-state index in [1.807, 2.05) is 27.7 Å². The minimum atomic E-state index is -0.565. The first-order chi connectivity index (χ1) is 7.31. The van der Waals surface area contributed by atoms with Gasteiger partial charge in [0.25, 0.3) is 0 Å². The summed E-state index contributed by atoms with van der Waals surface area (Å²) in [6.07, 6.45) is 1.00. The normalized spacial score (nSPS) is 22.2. The third kappa shape index (κ3) is 2.55. The number of carbonyl (C=O) groups excluding carboxylic acids is 1. The molecule has 0 spiro atoms. The van der Waals surface area contributed by atoms with Crippen molar-refractivity contribution >= 4 is 5.97 Å². The molecule has 0 aromatic carbocycles. The molecule has 16 heavy (non-hydrogen) atoms. The molecule has 1 fully saturated rings. The van der Waals surface area contributed by atoms with Crippen LogP contribution in [0.5, 0.6) is 0 Å². The number of rotatable bonds is 4. The van der Waals surface area contributed by atoms with Crippen LogP contribution in [0.15, 0.2) is 0 Å². The molecule has 1 heterocycles. The Bertz CT molecular complexity index is 255. The summed E-state index contributed by atoms with van der Waals surface area (Å²) in [7, 11) is 1.43. The Hall–Kier alpha value is -0.610. The molecule has 4 nitrogen and oxygen atoms in total. The maximum Gasteiger partial charge on any atom is 0.313 e. The summed E-state index contributed by atoms with van der Waals surface area (Å²) in [6.45, 7) is 9.39. The lowest BCUT2D eigenvalue weighted by Gasteiger charge is -2.41. The lowest BCUT2D eigenvalue weighted by Crippen LogP contribution is -2.58. The summed E-state index contributed by atoms with van der Waals surface area (Å²) >= 11 is 0. The molecule has 1 aliphatic rings. The van der Waals surface area contributed by atoms with E-state index in [1.165, 1.54) is 7.11 Å². The minimum absolute atomic E-state index is 0.191. The van der Waals surface area contributed by atoms with Crippen molar-refractivity contribution in [2.24, 2.45) is 5.41 Å². The zero-order valence-electron chi connectivity index (χ0n) is 10.9. The standard InChI is InChI=1S/C12H23NO3/c1-11(2,10(14)15-5)12(3,4)13-9-6-7-16-8-9/h9,13H,6-8H2,1-5H3. The minimum Gasteiger partial charge on any atom is -0.469 e. The van der Waals surface area contributed by atoms with Crippen LogP contribution in [0.1, 0.15) is 34.1 Å². The molecule has 0 aromatic rings. The number of hydrogen-bond acceptors (Lipinski definition) is 4. The summed E-state index contributed by atoms with van der Waals surface area (Å²) in [5, 5.41) is 3.48. The summed E-state index contributed by atoms with van der Waals surface area (Å²) in [5.74, 6) is -0.191. The van der Waals surface area contributed by atoms with Crippen molar-refractivity contribution < 1.29 is 14.3 Å². The van der Waals surface area contributed by atoms with E-state index in [-0.39, 0.29) is 11.5 Å². The Morgan fingerprint density at radius 1 is 1.38 bits per heavy atom. The number of carbonyl (C=O) groups is 1. The molecule has 1 N–H and O–H groups in total. The third-order valence-corrected chi connectivity index (χ3v) is 3.75. The molecular formula is C12H23NO3. The van der Waals surface area contributed by atoms with Gasteiger partial charge in [0, 0.05) is 18.2 Å². The molecule has 1 aliphatic heterocycles. The van der Waals surface area contributed by atoms with E-state index in [1.54, 1.807) is 0 Å². The van der Waals surface area contributed by atoms with E-state index in [4.69, 9.17) is 9.47 Å². The van der Waals surface area contributed by atoms with Gasteiger partial charge in [-0.3, -0.25) is 4.79 Å². The Labute approximate surface area is 97.7 Å². The molecule has 0 aliphatic carbocycles. The molecule has 1 saturated heterocycles. The average molecular weight is 229 g/mol. The van der Waals surface area contributed by atoms with Gasteiger partial charge >= 0.3 is 5.97 Å².